The minimum atomic E-state index is 0.130. The molecule has 1 saturated heterocycles. The summed E-state index contributed by atoms with van der Waals surface area (Å²) in [4.78, 5) is 4.97. The quantitative estimate of drug-likeness (QED) is 0.925. The zero-order valence-corrected chi connectivity index (χ0v) is 14.4. The van der Waals surface area contributed by atoms with Gasteiger partial charge in [-0.05, 0) is 47.7 Å². The molecular formula is C17H31N3O. The first-order valence-corrected chi connectivity index (χ1v) is 8.01. The molecule has 2 atom stereocenters. The lowest BCUT2D eigenvalue weighted by molar-refractivity contribution is 0.0516. The van der Waals surface area contributed by atoms with E-state index in [9.17, 15) is 0 Å². The van der Waals surface area contributed by atoms with Crippen LogP contribution in [0.4, 0.5) is 0 Å². The Kier molecular flexibility index (Phi) is 5.12. The molecule has 1 fully saturated rings. The maximum atomic E-state index is 5.73. The van der Waals surface area contributed by atoms with E-state index in [0.29, 0.717) is 12.1 Å². The van der Waals surface area contributed by atoms with E-state index >= 15 is 0 Å². The van der Waals surface area contributed by atoms with Gasteiger partial charge in [-0.25, -0.2) is 0 Å². The van der Waals surface area contributed by atoms with Gasteiger partial charge in [0.25, 0.3) is 0 Å². The molecule has 2 heterocycles. The number of nitrogens with zero attached hydrogens (tertiary/aromatic N) is 2. The average molecular weight is 293 g/mol. The van der Waals surface area contributed by atoms with Gasteiger partial charge in [-0.3, -0.25) is 9.80 Å². The van der Waals surface area contributed by atoms with Crippen LogP contribution in [0, 0.1) is 0 Å². The second-order valence-corrected chi connectivity index (χ2v) is 7.53. The van der Waals surface area contributed by atoms with Crippen molar-refractivity contribution in [2.75, 3.05) is 20.1 Å². The molecular weight excluding hydrogens is 262 g/mol. The van der Waals surface area contributed by atoms with Gasteiger partial charge in [0.15, 0.2) is 0 Å². The highest BCUT2D eigenvalue weighted by Crippen LogP contribution is 2.19. The molecule has 1 N–H and O–H groups in total. The van der Waals surface area contributed by atoms with E-state index in [0.717, 1.165) is 31.9 Å². The van der Waals surface area contributed by atoms with Gasteiger partial charge in [-0.2, -0.15) is 0 Å². The van der Waals surface area contributed by atoms with Crippen molar-refractivity contribution in [1.29, 1.82) is 0 Å². The largest absolute Gasteiger partial charge is 0.468 e. The smallest absolute Gasteiger partial charge is 0.122 e. The van der Waals surface area contributed by atoms with Crippen LogP contribution in [0.15, 0.2) is 16.7 Å². The molecule has 2 unspecified atom stereocenters. The monoisotopic (exact) mass is 293 g/mol. The van der Waals surface area contributed by atoms with Crippen LogP contribution >= 0.6 is 0 Å². The summed E-state index contributed by atoms with van der Waals surface area (Å²) in [5.74, 6) is 1.11. The van der Waals surface area contributed by atoms with Gasteiger partial charge in [0.2, 0.25) is 0 Å². The maximum Gasteiger partial charge on any atom is 0.122 e. The Morgan fingerprint density at radius 2 is 1.86 bits per heavy atom. The number of furan rings is 1. The first-order valence-electron chi connectivity index (χ1n) is 8.01. The Morgan fingerprint density at radius 1 is 1.24 bits per heavy atom. The molecule has 2 rings (SSSR count). The molecule has 0 bridgehead atoms. The van der Waals surface area contributed by atoms with Crippen LogP contribution in [0.25, 0.3) is 0 Å². The number of hydrogen-bond acceptors (Lipinski definition) is 4. The van der Waals surface area contributed by atoms with E-state index < -0.39 is 0 Å². The highest BCUT2D eigenvalue weighted by Gasteiger charge is 2.27. The molecule has 1 aromatic heterocycles. The third-order valence-electron chi connectivity index (χ3n) is 4.45. The van der Waals surface area contributed by atoms with Gasteiger partial charge in [-0.15, -0.1) is 0 Å². The molecule has 0 radical (unpaired) electrons. The molecule has 4 heteroatoms. The van der Waals surface area contributed by atoms with Gasteiger partial charge in [0.1, 0.15) is 5.76 Å². The minimum Gasteiger partial charge on any atom is -0.468 e. The van der Waals surface area contributed by atoms with E-state index in [2.05, 4.69) is 62.8 Å². The summed E-state index contributed by atoms with van der Waals surface area (Å²) in [6, 6.07) is 3.29. The third kappa shape index (κ3) is 4.56. The lowest BCUT2D eigenvalue weighted by Crippen LogP contribution is -2.54. The van der Waals surface area contributed by atoms with Crippen LogP contribution in [0.3, 0.4) is 0 Å². The van der Waals surface area contributed by atoms with Gasteiger partial charge >= 0.3 is 0 Å². The Morgan fingerprint density at radius 3 is 2.43 bits per heavy atom. The van der Waals surface area contributed by atoms with Crippen LogP contribution in [0.2, 0.25) is 0 Å². The second kappa shape index (κ2) is 6.51. The van der Waals surface area contributed by atoms with Crippen molar-refractivity contribution in [2.45, 2.75) is 65.3 Å². The molecule has 120 valence electrons. The van der Waals surface area contributed by atoms with Crippen LogP contribution in [0.5, 0.6) is 0 Å². The first kappa shape index (κ1) is 16.5. The van der Waals surface area contributed by atoms with E-state index in [4.69, 9.17) is 4.42 Å². The van der Waals surface area contributed by atoms with Crippen molar-refractivity contribution >= 4 is 0 Å². The lowest BCUT2D eigenvalue weighted by Gasteiger charge is -2.42. The number of hydrogen-bond donors (Lipinski definition) is 1. The van der Waals surface area contributed by atoms with Crippen LogP contribution in [0.1, 0.15) is 45.9 Å². The zero-order chi connectivity index (χ0) is 15.6. The van der Waals surface area contributed by atoms with Crippen molar-refractivity contribution in [3.63, 3.8) is 0 Å². The predicted molar refractivity (Wildman–Crippen MR) is 87.3 cm³/mol. The van der Waals surface area contributed by atoms with Crippen LogP contribution in [-0.2, 0) is 13.1 Å². The van der Waals surface area contributed by atoms with Crippen molar-refractivity contribution in [3.05, 3.63) is 23.7 Å². The SMILES string of the molecule is CC1CN(Cc2occc2CNC(C)(C)C)CC(C)N1C. The fourth-order valence-corrected chi connectivity index (χ4v) is 2.87. The lowest BCUT2D eigenvalue weighted by atomic mass is 10.1. The Balaban J connectivity index is 1.96. The van der Waals surface area contributed by atoms with Crippen molar-refractivity contribution < 1.29 is 4.42 Å². The molecule has 1 aliphatic rings. The topological polar surface area (TPSA) is 31.7 Å². The minimum absolute atomic E-state index is 0.130. The molecule has 1 aliphatic heterocycles. The van der Waals surface area contributed by atoms with Gasteiger partial charge < -0.3 is 9.73 Å². The molecule has 0 aromatic carbocycles. The van der Waals surface area contributed by atoms with Gasteiger partial charge in [0, 0.05) is 42.8 Å². The summed E-state index contributed by atoms with van der Waals surface area (Å²) in [5, 5.41) is 3.54. The summed E-state index contributed by atoms with van der Waals surface area (Å²) in [6.45, 7) is 15.2. The normalized spacial score (nSPS) is 25.4. The molecule has 0 spiro atoms. The summed E-state index contributed by atoms with van der Waals surface area (Å²) < 4.78 is 5.73. The summed E-state index contributed by atoms with van der Waals surface area (Å²) in [5.41, 5.74) is 1.41. The van der Waals surface area contributed by atoms with Crippen molar-refractivity contribution in [1.82, 2.24) is 15.1 Å². The predicted octanol–water partition coefficient (Wildman–Crippen LogP) is 2.69. The van der Waals surface area contributed by atoms with E-state index in [1.165, 1.54) is 5.56 Å². The third-order valence-corrected chi connectivity index (χ3v) is 4.45. The second-order valence-electron chi connectivity index (χ2n) is 7.53. The molecule has 0 aliphatic carbocycles. The fraction of sp³-hybridized carbons (Fsp3) is 0.765. The van der Waals surface area contributed by atoms with Crippen molar-refractivity contribution in [3.8, 4) is 0 Å². The Hall–Kier alpha value is -0.840. The number of rotatable bonds is 4. The Labute approximate surface area is 129 Å². The first-order chi connectivity index (χ1) is 9.76. The molecule has 4 nitrogen and oxygen atoms in total. The van der Waals surface area contributed by atoms with E-state index in [-0.39, 0.29) is 5.54 Å². The van der Waals surface area contributed by atoms with Crippen LogP contribution < -0.4 is 5.32 Å². The average Bonchev–Trinajstić information content (AvgIpc) is 2.80. The van der Waals surface area contributed by atoms with E-state index in [1.54, 1.807) is 0 Å². The molecule has 0 saturated carbocycles. The highest BCUT2D eigenvalue weighted by atomic mass is 16.3. The van der Waals surface area contributed by atoms with Gasteiger partial charge in [-0.1, -0.05) is 0 Å². The summed E-state index contributed by atoms with van der Waals surface area (Å²) in [7, 11) is 2.22. The molecule has 21 heavy (non-hydrogen) atoms. The highest BCUT2D eigenvalue weighted by molar-refractivity contribution is 5.17. The number of likely N-dealkylation sites (N-methyl/N-ethyl adjacent to an activating group) is 1. The van der Waals surface area contributed by atoms with E-state index in [1.807, 2.05) is 6.26 Å². The van der Waals surface area contributed by atoms with Gasteiger partial charge in [0.05, 0.1) is 12.8 Å². The Bertz CT molecular complexity index is 437. The maximum absolute atomic E-state index is 5.73. The number of piperazine rings is 1. The fourth-order valence-electron chi connectivity index (χ4n) is 2.87. The summed E-state index contributed by atoms with van der Waals surface area (Å²) >= 11 is 0. The zero-order valence-electron chi connectivity index (χ0n) is 14.4. The van der Waals surface area contributed by atoms with Crippen molar-refractivity contribution in [2.24, 2.45) is 0 Å². The van der Waals surface area contributed by atoms with Crippen LogP contribution in [-0.4, -0.2) is 47.6 Å². The molecule has 0 amide bonds. The summed E-state index contributed by atoms with van der Waals surface area (Å²) in [6.07, 6.45) is 1.82. The standard InChI is InChI=1S/C17H31N3O/c1-13-10-20(11-14(2)19(13)6)12-16-15(7-8-21-16)9-18-17(3,4)5/h7-8,13-14,18H,9-12H2,1-6H3. The number of nitrogens with one attached hydrogen (secondary N) is 1. The molecule has 1 aromatic rings.